The van der Waals surface area contributed by atoms with Crippen molar-refractivity contribution in [1.29, 1.82) is 0 Å². The van der Waals surface area contributed by atoms with E-state index in [-0.39, 0.29) is 18.0 Å². The van der Waals surface area contributed by atoms with E-state index in [4.69, 9.17) is 0 Å². The van der Waals surface area contributed by atoms with Gasteiger partial charge in [-0.25, -0.2) is 4.98 Å². The molecule has 0 saturated carbocycles. The number of hydrogen-bond donors (Lipinski definition) is 2. The van der Waals surface area contributed by atoms with Crippen LogP contribution in [0.15, 0.2) is 35.1 Å². The maximum Gasteiger partial charge on any atom is 0.270 e. The Hall–Kier alpha value is -2.22. The van der Waals surface area contributed by atoms with Gasteiger partial charge < -0.3 is 10.3 Å². The average Bonchev–Trinajstić information content (AvgIpc) is 2.91. The van der Waals surface area contributed by atoms with Crippen LogP contribution in [0.3, 0.4) is 0 Å². The molecule has 0 atom stereocenters. The van der Waals surface area contributed by atoms with Crippen molar-refractivity contribution in [2.45, 2.75) is 13.0 Å². The number of carbonyl (C=O) groups excluding carboxylic acids is 1. The maximum atomic E-state index is 11.8. The molecular weight excluding hydrogens is 328 g/mol. The number of non-ortho nitro benzene ring substituents is 1. The Morgan fingerprint density at radius 2 is 2.30 bits per heavy atom. The molecule has 0 aliphatic rings. The molecule has 2 N–H and O–H groups in total. The van der Waals surface area contributed by atoms with Gasteiger partial charge in [-0.15, -0.1) is 0 Å². The number of imidazole rings is 1. The lowest BCUT2D eigenvalue weighted by Gasteiger charge is -2.05. The number of nitro groups is 1. The number of aromatic amines is 1. The normalized spacial score (nSPS) is 10.2. The molecule has 8 heteroatoms. The summed E-state index contributed by atoms with van der Waals surface area (Å²) in [6, 6.07) is 4.32. The van der Waals surface area contributed by atoms with Crippen molar-refractivity contribution < 1.29 is 9.72 Å². The lowest BCUT2D eigenvalue weighted by molar-refractivity contribution is -0.384. The maximum absolute atomic E-state index is 11.8. The second-order valence-electron chi connectivity index (χ2n) is 4.02. The fourth-order valence-electron chi connectivity index (χ4n) is 1.61. The summed E-state index contributed by atoms with van der Waals surface area (Å²) in [6.45, 7) is 0.316. The SMILES string of the molecule is O=C(Cc1ccc([N+](=O)[O-])cc1Br)NCc1ncc[nH]1. The zero-order valence-corrected chi connectivity index (χ0v) is 11.9. The smallest absolute Gasteiger partial charge is 0.270 e. The zero-order chi connectivity index (χ0) is 14.5. The van der Waals surface area contributed by atoms with Crippen LogP contribution in [0, 0.1) is 10.1 Å². The van der Waals surface area contributed by atoms with Gasteiger partial charge in [-0.05, 0) is 5.56 Å². The molecule has 0 radical (unpaired) electrons. The van der Waals surface area contributed by atoms with Gasteiger partial charge in [-0.3, -0.25) is 14.9 Å². The summed E-state index contributed by atoms with van der Waals surface area (Å²) in [5, 5.41) is 13.3. The Labute approximate surface area is 122 Å². The Kier molecular flexibility index (Phi) is 4.46. The molecular formula is C12H11BrN4O3. The van der Waals surface area contributed by atoms with Crippen molar-refractivity contribution in [1.82, 2.24) is 15.3 Å². The highest BCUT2D eigenvalue weighted by Crippen LogP contribution is 2.23. The van der Waals surface area contributed by atoms with E-state index in [1.54, 1.807) is 18.5 Å². The van der Waals surface area contributed by atoms with Crippen molar-refractivity contribution >= 4 is 27.5 Å². The van der Waals surface area contributed by atoms with E-state index in [1.807, 2.05) is 0 Å². The van der Waals surface area contributed by atoms with Gasteiger partial charge in [0.1, 0.15) is 5.82 Å². The van der Waals surface area contributed by atoms with Crippen molar-refractivity contribution in [2.75, 3.05) is 0 Å². The molecule has 0 spiro atoms. The number of halogens is 1. The molecule has 0 fully saturated rings. The van der Waals surface area contributed by atoms with Gasteiger partial charge in [0, 0.05) is 29.0 Å². The summed E-state index contributed by atoms with van der Waals surface area (Å²) in [5.41, 5.74) is 0.671. The number of amides is 1. The van der Waals surface area contributed by atoms with Gasteiger partial charge in [0.05, 0.1) is 17.9 Å². The third-order valence-corrected chi connectivity index (χ3v) is 3.34. The Bertz CT molecular complexity index is 628. The summed E-state index contributed by atoms with van der Waals surface area (Å²) in [7, 11) is 0. The van der Waals surface area contributed by atoms with Gasteiger partial charge >= 0.3 is 0 Å². The summed E-state index contributed by atoms with van der Waals surface area (Å²) >= 11 is 3.23. The number of aromatic nitrogens is 2. The highest BCUT2D eigenvalue weighted by atomic mass is 79.9. The van der Waals surface area contributed by atoms with Crippen molar-refractivity contribution in [3.8, 4) is 0 Å². The minimum Gasteiger partial charge on any atom is -0.349 e. The van der Waals surface area contributed by atoms with Crippen LogP contribution in [0.4, 0.5) is 5.69 Å². The van der Waals surface area contributed by atoms with E-state index in [0.717, 1.165) is 0 Å². The fraction of sp³-hybridized carbons (Fsp3) is 0.167. The quantitative estimate of drug-likeness (QED) is 0.642. The summed E-state index contributed by atoms with van der Waals surface area (Å²) in [4.78, 5) is 28.8. The predicted molar refractivity (Wildman–Crippen MR) is 74.9 cm³/mol. The largest absolute Gasteiger partial charge is 0.349 e. The molecule has 104 valence electrons. The average molecular weight is 339 g/mol. The van der Waals surface area contributed by atoms with E-state index in [1.165, 1.54) is 12.1 Å². The van der Waals surface area contributed by atoms with E-state index in [2.05, 4.69) is 31.2 Å². The molecule has 1 amide bonds. The highest BCUT2D eigenvalue weighted by molar-refractivity contribution is 9.10. The minimum atomic E-state index is -0.481. The Balaban J connectivity index is 1.95. The first kappa shape index (κ1) is 14.2. The van der Waals surface area contributed by atoms with Crippen LogP contribution in [0.25, 0.3) is 0 Å². The van der Waals surface area contributed by atoms with Crippen LogP contribution in [0.2, 0.25) is 0 Å². The molecule has 0 unspecified atom stereocenters. The standard InChI is InChI=1S/C12H11BrN4O3/c13-10-6-9(17(19)20)2-1-8(10)5-12(18)16-7-11-14-3-4-15-11/h1-4,6H,5,7H2,(H,14,15)(H,16,18). The van der Waals surface area contributed by atoms with Crippen LogP contribution in [0.5, 0.6) is 0 Å². The lowest BCUT2D eigenvalue weighted by atomic mass is 10.1. The molecule has 0 aliphatic heterocycles. The van der Waals surface area contributed by atoms with Gasteiger partial charge in [-0.1, -0.05) is 22.0 Å². The third kappa shape index (κ3) is 3.64. The first-order valence-corrected chi connectivity index (χ1v) is 6.53. The van der Waals surface area contributed by atoms with Gasteiger partial charge in [0.25, 0.3) is 5.69 Å². The molecule has 0 saturated heterocycles. The summed E-state index contributed by atoms with van der Waals surface area (Å²) in [6.07, 6.45) is 3.42. The number of carbonyl (C=O) groups is 1. The number of nitrogens with zero attached hydrogens (tertiary/aromatic N) is 2. The molecule has 7 nitrogen and oxygen atoms in total. The van der Waals surface area contributed by atoms with Gasteiger partial charge in [0.15, 0.2) is 0 Å². The fourth-order valence-corrected chi connectivity index (χ4v) is 2.11. The van der Waals surface area contributed by atoms with Crippen LogP contribution in [-0.2, 0) is 17.8 Å². The summed E-state index contributed by atoms with van der Waals surface area (Å²) < 4.78 is 0.542. The van der Waals surface area contributed by atoms with Crippen LogP contribution in [0.1, 0.15) is 11.4 Å². The van der Waals surface area contributed by atoms with Crippen molar-refractivity contribution in [3.63, 3.8) is 0 Å². The molecule has 1 heterocycles. The van der Waals surface area contributed by atoms with Crippen molar-refractivity contribution in [3.05, 3.63) is 56.6 Å². The van der Waals surface area contributed by atoms with Crippen molar-refractivity contribution in [2.24, 2.45) is 0 Å². The molecule has 2 aromatic rings. The number of hydrogen-bond acceptors (Lipinski definition) is 4. The molecule has 0 bridgehead atoms. The topological polar surface area (TPSA) is 101 Å². The molecule has 1 aromatic heterocycles. The van der Waals surface area contributed by atoms with E-state index >= 15 is 0 Å². The van der Waals surface area contributed by atoms with Crippen LogP contribution >= 0.6 is 15.9 Å². The monoisotopic (exact) mass is 338 g/mol. The highest BCUT2D eigenvalue weighted by Gasteiger charge is 2.12. The van der Waals surface area contributed by atoms with Crippen LogP contribution in [-0.4, -0.2) is 20.8 Å². The van der Waals surface area contributed by atoms with E-state index < -0.39 is 4.92 Å². The number of H-pyrrole nitrogens is 1. The first-order valence-electron chi connectivity index (χ1n) is 5.74. The Morgan fingerprint density at radius 1 is 1.50 bits per heavy atom. The second kappa shape index (κ2) is 6.29. The van der Waals surface area contributed by atoms with E-state index in [0.29, 0.717) is 22.4 Å². The molecule has 20 heavy (non-hydrogen) atoms. The zero-order valence-electron chi connectivity index (χ0n) is 10.3. The number of nitro benzene ring substituents is 1. The molecule has 1 aromatic carbocycles. The lowest BCUT2D eigenvalue weighted by Crippen LogP contribution is -2.25. The van der Waals surface area contributed by atoms with Crippen LogP contribution < -0.4 is 5.32 Å². The Morgan fingerprint density at radius 3 is 2.90 bits per heavy atom. The number of nitrogens with one attached hydrogen (secondary N) is 2. The van der Waals surface area contributed by atoms with Gasteiger partial charge in [0.2, 0.25) is 5.91 Å². The second-order valence-corrected chi connectivity index (χ2v) is 4.88. The number of benzene rings is 1. The number of rotatable bonds is 5. The first-order chi connectivity index (χ1) is 9.56. The van der Waals surface area contributed by atoms with E-state index in [9.17, 15) is 14.9 Å². The molecule has 2 rings (SSSR count). The minimum absolute atomic E-state index is 0.0170. The summed E-state index contributed by atoms with van der Waals surface area (Å²) in [5.74, 6) is 0.483. The predicted octanol–water partition coefficient (Wildman–Crippen LogP) is 1.94. The van der Waals surface area contributed by atoms with Gasteiger partial charge in [-0.2, -0.15) is 0 Å². The molecule has 0 aliphatic carbocycles. The third-order valence-electron chi connectivity index (χ3n) is 2.61.